The summed E-state index contributed by atoms with van der Waals surface area (Å²) in [6.07, 6.45) is 0. The smallest absolute Gasteiger partial charge is 0.304 e. The minimum absolute atomic E-state index is 0.00315. The van der Waals surface area contributed by atoms with Gasteiger partial charge in [0.1, 0.15) is 12.6 Å². The third-order valence-electron chi connectivity index (χ3n) is 2.55. The molecule has 2 fully saturated rings. The highest BCUT2D eigenvalue weighted by molar-refractivity contribution is 7.99. The highest BCUT2D eigenvalue weighted by Gasteiger charge is 2.42. The number of hydrogen-bond acceptors (Lipinski definition) is 5. The summed E-state index contributed by atoms with van der Waals surface area (Å²) in [5.41, 5.74) is 0. The van der Waals surface area contributed by atoms with Crippen LogP contribution in [0.15, 0.2) is 0 Å². The zero-order valence-electron chi connectivity index (χ0n) is 8.84. The molecule has 0 aliphatic carbocycles. The normalized spacial score (nSPS) is 24.7. The average molecular weight is 244 g/mol. The number of carbonyl (C=O) groups is 3. The van der Waals surface area contributed by atoms with E-state index in [1.165, 1.54) is 11.8 Å². The molecule has 0 aromatic rings. The van der Waals surface area contributed by atoms with Gasteiger partial charge in [-0.05, 0) is 0 Å². The number of ether oxygens (including phenoxy) is 1. The predicted molar refractivity (Wildman–Crippen MR) is 56.3 cm³/mol. The lowest BCUT2D eigenvalue weighted by atomic mass is 10.2. The third kappa shape index (κ3) is 1.99. The molecular formula is C9H12N2O4S. The van der Waals surface area contributed by atoms with Gasteiger partial charge in [-0.2, -0.15) is 0 Å². The van der Waals surface area contributed by atoms with Gasteiger partial charge in [0.05, 0.1) is 5.88 Å². The topological polar surface area (TPSA) is 66.9 Å². The molecule has 1 atom stereocenters. The van der Waals surface area contributed by atoms with Crippen molar-refractivity contribution >= 4 is 29.5 Å². The number of fused-ring (bicyclic) bond motifs is 1. The van der Waals surface area contributed by atoms with Crippen molar-refractivity contribution in [1.82, 2.24) is 9.80 Å². The maximum Gasteiger partial charge on any atom is 0.304 e. The molecule has 88 valence electrons. The molecule has 2 aliphatic heterocycles. The Bertz CT molecular complexity index is 346. The van der Waals surface area contributed by atoms with Gasteiger partial charge in [-0.15, -0.1) is 11.8 Å². The largest absolute Gasteiger partial charge is 0.444 e. The van der Waals surface area contributed by atoms with E-state index < -0.39 is 5.97 Å². The first-order valence-corrected chi connectivity index (χ1v) is 6.04. The first kappa shape index (κ1) is 11.3. The highest BCUT2D eigenvalue weighted by atomic mass is 32.2. The van der Waals surface area contributed by atoms with E-state index in [4.69, 9.17) is 4.74 Å². The second kappa shape index (κ2) is 4.32. The summed E-state index contributed by atoms with van der Waals surface area (Å²) in [6, 6.07) is -0.373. The SMILES string of the molecule is CC(=O)OCN1CC(=O)N2CSC[C@H]2C1=O. The maximum atomic E-state index is 11.9. The van der Waals surface area contributed by atoms with Gasteiger partial charge >= 0.3 is 5.97 Å². The van der Waals surface area contributed by atoms with Crippen LogP contribution in [0.3, 0.4) is 0 Å². The Hall–Kier alpha value is -1.24. The van der Waals surface area contributed by atoms with Crippen LogP contribution in [-0.2, 0) is 19.1 Å². The summed E-state index contributed by atoms with van der Waals surface area (Å²) in [4.78, 5) is 37.1. The van der Waals surface area contributed by atoms with E-state index in [9.17, 15) is 14.4 Å². The fourth-order valence-electron chi connectivity index (χ4n) is 1.71. The lowest BCUT2D eigenvalue weighted by Gasteiger charge is -2.35. The Labute approximate surface area is 96.9 Å². The average Bonchev–Trinajstić information content (AvgIpc) is 2.70. The fraction of sp³-hybridized carbons (Fsp3) is 0.667. The zero-order chi connectivity index (χ0) is 11.7. The zero-order valence-corrected chi connectivity index (χ0v) is 9.66. The molecule has 2 heterocycles. The maximum absolute atomic E-state index is 11.9. The number of piperazine rings is 1. The van der Waals surface area contributed by atoms with Crippen LogP contribution < -0.4 is 0 Å². The van der Waals surface area contributed by atoms with Crippen molar-refractivity contribution in [3.63, 3.8) is 0 Å². The van der Waals surface area contributed by atoms with E-state index in [0.717, 1.165) is 0 Å². The summed E-state index contributed by atoms with van der Waals surface area (Å²) in [7, 11) is 0. The summed E-state index contributed by atoms with van der Waals surface area (Å²) in [5, 5.41) is 0. The summed E-state index contributed by atoms with van der Waals surface area (Å²) in [5.74, 6) is 0.536. The molecule has 2 aliphatic rings. The van der Waals surface area contributed by atoms with Gasteiger partial charge in [0.15, 0.2) is 6.73 Å². The number of esters is 1. The Balaban J connectivity index is 2.02. The van der Waals surface area contributed by atoms with Crippen LogP contribution in [0.4, 0.5) is 0 Å². The summed E-state index contributed by atoms with van der Waals surface area (Å²) in [6.45, 7) is 1.14. The molecular weight excluding hydrogens is 232 g/mol. The van der Waals surface area contributed by atoms with E-state index >= 15 is 0 Å². The standard InChI is InChI=1S/C9H12N2O4S/c1-6(12)15-4-10-2-8(13)11-5-16-3-7(11)9(10)14/h7H,2-5H2,1H3/t7-/m0/s1. The fourth-order valence-corrected chi connectivity index (χ4v) is 2.89. The number of hydrogen-bond donors (Lipinski definition) is 0. The van der Waals surface area contributed by atoms with Crippen LogP contribution in [0.2, 0.25) is 0 Å². The molecule has 6 nitrogen and oxygen atoms in total. The summed E-state index contributed by atoms with van der Waals surface area (Å²) < 4.78 is 4.74. The summed E-state index contributed by atoms with van der Waals surface area (Å²) >= 11 is 1.56. The van der Waals surface area contributed by atoms with Crippen LogP contribution in [-0.4, -0.2) is 58.5 Å². The first-order valence-electron chi connectivity index (χ1n) is 4.89. The van der Waals surface area contributed by atoms with Crippen LogP contribution in [0.25, 0.3) is 0 Å². The molecule has 0 spiro atoms. The van der Waals surface area contributed by atoms with Gasteiger partial charge in [-0.25, -0.2) is 0 Å². The molecule has 16 heavy (non-hydrogen) atoms. The van der Waals surface area contributed by atoms with E-state index in [0.29, 0.717) is 11.6 Å². The van der Waals surface area contributed by atoms with Gasteiger partial charge in [0.2, 0.25) is 11.8 Å². The molecule has 0 saturated carbocycles. The van der Waals surface area contributed by atoms with Crippen LogP contribution in [0.5, 0.6) is 0 Å². The number of carbonyl (C=O) groups excluding carboxylic acids is 3. The van der Waals surface area contributed by atoms with Crippen LogP contribution in [0, 0.1) is 0 Å². The molecule has 0 bridgehead atoms. The lowest BCUT2D eigenvalue weighted by molar-refractivity contribution is -0.163. The van der Waals surface area contributed by atoms with Crippen molar-refractivity contribution in [2.45, 2.75) is 13.0 Å². The van der Waals surface area contributed by atoms with E-state index in [2.05, 4.69) is 0 Å². The molecule has 2 saturated heterocycles. The molecule has 2 amide bonds. The Morgan fingerprint density at radius 2 is 2.31 bits per heavy atom. The molecule has 0 N–H and O–H groups in total. The number of thioether (sulfide) groups is 1. The predicted octanol–water partition coefficient (Wildman–Crippen LogP) is -0.749. The molecule has 7 heteroatoms. The minimum atomic E-state index is -0.455. The van der Waals surface area contributed by atoms with Crippen molar-refractivity contribution in [3.05, 3.63) is 0 Å². The minimum Gasteiger partial charge on any atom is -0.444 e. The monoisotopic (exact) mass is 244 g/mol. The van der Waals surface area contributed by atoms with Gasteiger partial charge in [0, 0.05) is 12.7 Å². The lowest BCUT2D eigenvalue weighted by Crippen LogP contribution is -2.58. The molecule has 2 rings (SSSR count). The van der Waals surface area contributed by atoms with Crippen molar-refractivity contribution in [1.29, 1.82) is 0 Å². The van der Waals surface area contributed by atoms with Crippen molar-refractivity contribution in [2.75, 3.05) is 24.9 Å². The van der Waals surface area contributed by atoms with Gasteiger partial charge in [-0.3, -0.25) is 19.3 Å². The van der Waals surface area contributed by atoms with Gasteiger partial charge in [0.25, 0.3) is 0 Å². The molecule has 0 aromatic heterocycles. The van der Waals surface area contributed by atoms with Crippen LogP contribution in [0.1, 0.15) is 6.92 Å². The molecule has 0 unspecified atom stereocenters. The van der Waals surface area contributed by atoms with Crippen molar-refractivity contribution in [2.24, 2.45) is 0 Å². The van der Waals surface area contributed by atoms with E-state index in [1.807, 2.05) is 0 Å². The van der Waals surface area contributed by atoms with E-state index in [1.54, 1.807) is 16.7 Å². The van der Waals surface area contributed by atoms with E-state index in [-0.39, 0.29) is 31.1 Å². The second-order valence-corrected chi connectivity index (χ2v) is 4.68. The Morgan fingerprint density at radius 3 is 3.00 bits per heavy atom. The third-order valence-corrected chi connectivity index (χ3v) is 3.56. The number of rotatable bonds is 2. The van der Waals surface area contributed by atoms with Gasteiger partial charge < -0.3 is 9.64 Å². The Kier molecular flexibility index (Phi) is 3.04. The molecule has 0 aromatic carbocycles. The highest BCUT2D eigenvalue weighted by Crippen LogP contribution is 2.25. The number of amides is 2. The number of nitrogens with zero attached hydrogens (tertiary/aromatic N) is 2. The van der Waals surface area contributed by atoms with Crippen LogP contribution >= 0.6 is 11.8 Å². The van der Waals surface area contributed by atoms with Crippen molar-refractivity contribution < 1.29 is 19.1 Å². The quantitative estimate of drug-likeness (QED) is 0.598. The second-order valence-electron chi connectivity index (χ2n) is 3.68. The van der Waals surface area contributed by atoms with Crippen molar-refractivity contribution in [3.8, 4) is 0 Å². The molecule has 0 radical (unpaired) electrons. The first-order chi connectivity index (χ1) is 7.59. The Morgan fingerprint density at radius 1 is 1.56 bits per heavy atom. The van der Waals surface area contributed by atoms with Gasteiger partial charge in [-0.1, -0.05) is 0 Å².